The summed E-state index contributed by atoms with van der Waals surface area (Å²) in [7, 11) is 2.89. The lowest BCUT2D eigenvalue weighted by Gasteiger charge is -2.35. The van der Waals surface area contributed by atoms with Crippen LogP contribution in [0.3, 0.4) is 0 Å². The molecule has 2 aromatic rings. The van der Waals surface area contributed by atoms with E-state index in [-0.39, 0.29) is 12.1 Å². The Hall–Kier alpha value is -3.03. The van der Waals surface area contributed by atoms with Crippen LogP contribution >= 0.6 is 0 Å². The maximum absolute atomic E-state index is 12.8. The van der Waals surface area contributed by atoms with Gasteiger partial charge in [0.25, 0.3) is 0 Å². The highest BCUT2D eigenvalue weighted by Crippen LogP contribution is 2.34. The summed E-state index contributed by atoms with van der Waals surface area (Å²) < 4.78 is 9.99. The number of hydrogen-bond donors (Lipinski definition) is 2. The predicted octanol–water partition coefficient (Wildman–Crippen LogP) is 1.64. The van der Waals surface area contributed by atoms with Crippen molar-refractivity contribution < 1.29 is 19.1 Å². The van der Waals surface area contributed by atoms with E-state index in [2.05, 4.69) is 20.0 Å². The first-order valence-corrected chi connectivity index (χ1v) is 8.36. The summed E-state index contributed by atoms with van der Waals surface area (Å²) in [6, 6.07) is 6.09. The van der Waals surface area contributed by atoms with Crippen molar-refractivity contribution in [3.63, 3.8) is 0 Å². The largest absolute Gasteiger partial charge is 0.497 e. The number of methoxy groups -OCH3 is 2. The van der Waals surface area contributed by atoms with Gasteiger partial charge in [0.2, 0.25) is 0 Å². The number of carbonyl (C=O) groups excluding carboxylic acids is 2. The van der Waals surface area contributed by atoms with E-state index < -0.39 is 12.0 Å². The normalized spacial score (nSPS) is 17.2. The number of urea groups is 1. The van der Waals surface area contributed by atoms with Gasteiger partial charge in [0.1, 0.15) is 17.8 Å². The molecule has 3 rings (SSSR count). The van der Waals surface area contributed by atoms with Gasteiger partial charge in [-0.05, 0) is 24.6 Å². The third-order valence-electron chi connectivity index (χ3n) is 4.49. The zero-order valence-corrected chi connectivity index (χ0v) is 15.0. The van der Waals surface area contributed by atoms with Gasteiger partial charge in [0.05, 0.1) is 26.2 Å². The number of rotatable bonds is 4. The number of hydrogen-bond acceptors (Lipinski definition) is 5. The zero-order valence-electron chi connectivity index (χ0n) is 15.0. The highest BCUT2D eigenvalue weighted by atomic mass is 16.5. The van der Waals surface area contributed by atoms with Crippen LogP contribution in [-0.4, -0.2) is 53.7 Å². The second-order valence-corrected chi connectivity index (χ2v) is 6.08. The van der Waals surface area contributed by atoms with E-state index in [1.165, 1.54) is 7.11 Å². The smallest absolute Gasteiger partial charge is 0.328 e. The molecule has 1 aromatic heterocycles. The van der Waals surface area contributed by atoms with Gasteiger partial charge in [-0.25, -0.2) is 14.6 Å². The van der Waals surface area contributed by atoms with Crippen LogP contribution in [0.2, 0.25) is 0 Å². The molecule has 0 saturated carbocycles. The van der Waals surface area contributed by atoms with E-state index in [4.69, 9.17) is 4.74 Å². The summed E-state index contributed by atoms with van der Waals surface area (Å²) in [5.74, 6) is 0.210. The molecule has 138 valence electrons. The molecule has 0 unspecified atom stereocenters. The Kier molecular flexibility index (Phi) is 5.11. The van der Waals surface area contributed by atoms with Crippen LogP contribution in [0.4, 0.5) is 4.79 Å². The molecule has 0 radical (unpaired) electrons. The number of benzene rings is 1. The van der Waals surface area contributed by atoms with Crippen molar-refractivity contribution >= 4 is 12.0 Å². The van der Waals surface area contributed by atoms with Crippen LogP contribution in [0.15, 0.2) is 30.6 Å². The van der Waals surface area contributed by atoms with Gasteiger partial charge in [-0.3, -0.25) is 0 Å². The molecule has 0 saturated heterocycles. The molecule has 1 aliphatic heterocycles. The Labute approximate surface area is 151 Å². The van der Waals surface area contributed by atoms with Gasteiger partial charge in [0.15, 0.2) is 0 Å². The highest BCUT2D eigenvalue weighted by molar-refractivity contribution is 5.83. The van der Waals surface area contributed by atoms with Crippen molar-refractivity contribution in [1.82, 2.24) is 20.2 Å². The zero-order chi connectivity index (χ0) is 18.7. The van der Waals surface area contributed by atoms with Gasteiger partial charge in [-0.15, -0.1) is 0 Å². The number of H-pyrrole nitrogens is 1. The summed E-state index contributed by atoms with van der Waals surface area (Å²) in [6.07, 6.45) is 2.30. The van der Waals surface area contributed by atoms with Crippen LogP contribution < -0.4 is 10.1 Å². The fourth-order valence-corrected chi connectivity index (χ4v) is 3.15. The number of esters is 1. The molecule has 1 aliphatic rings. The molecule has 0 bridgehead atoms. The van der Waals surface area contributed by atoms with Crippen molar-refractivity contribution in [2.75, 3.05) is 20.8 Å². The SMILES string of the molecule is COC(=O)[C@@H](C)NC(=O)N1CCc2[nH]cnc2[C@@H]1c1cccc(OC)c1. The molecular weight excluding hydrogens is 336 g/mol. The summed E-state index contributed by atoms with van der Waals surface area (Å²) in [5, 5.41) is 2.69. The number of aromatic nitrogens is 2. The number of carbonyl (C=O) groups is 2. The Bertz CT molecular complexity index is 804. The van der Waals surface area contributed by atoms with E-state index in [1.54, 1.807) is 25.3 Å². The van der Waals surface area contributed by atoms with Crippen LogP contribution in [0.25, 0.3) is 0 Å². The first kappa shape index (κ1) is 17.8. The van der Waals surface area contributed by atoms with Crippen molar-refractivity contribution in [3.05, 3.63) is 47.5 Å². The van der Waals surface area contributed by atoms with E-state index in [0.717, 1.165) is 17.0 Å². The van der Waals surface area contributed by atoms with Crippen molar-refractivity contribution in [1.29, 1.82) is 0 Å². The van der Waals surface area contributed by atoms with Crippen LogP contribution in [0.5, 0.6) is 5.75 Å². The standard InChI is InChI=1S/C18H22N4O4/c1-11(17(23)26-3)21-18(24)22-8-7-14-15(20-10-19-14)16(22)12-5-4-6-13(9-12)25-2/h4-6,9-11,16H,7-8H2,1-3H3,(H,19,20)(H,21,24)/t11-,16+/m1/s1. The lowest BCUT2D eigenvalue weighted by molar-refractivity contribution is -0.142. The first-order chi connectivity index (χ1) is 12.5. The van der Waals surface area contributed by atoms with Gasteiger partial charge in [0, 0.05) is 18.7 Å². The monoisotopic (exact) mass is 358 g/mol. The maximum Gasteiger partial charge on any atom is 0.328 e. The summed E-state index contributed by atoms with van der Waals surface area (Å²) in [6.45, 7) is 2.09. The quantitative estimate of drug-likeness (QED) is 0.810. The maximum atomic E-state index is 12.8. The molecule has 2 atom stereocenters. The fourth-order valence-electron chi connectivity index (χ4n) is 3.15. The minimum atomic E-state index is -0.737. The molecular formula is C18H22N4O4. The Morgan fingerprint density at radius 2 is 2.19 bits per heavy atom. The molecule has 0 aliphatic carbocycles. The summed E-state index contributed by atoms with van der Waals surface area (Å²) in [4.78, 5) is 33.7. The van der Waals surface area contributed by atoms with Crippen LogP contribution in [0.1, 0.15) is 29.9 Å². The molecule has 0 spiro atoms. The molecule has 2 heterocycles. The Morgan fingerprint density at radius 1 is 1.38 bits per heavy atom. The van der Waals surface area contributed by atoms with Gasteiger partial charge >= 0.3 is 12.0 Å². The fraction of sp³-hybridized carbons (Fsp3) is 0.389. The number of ether oxygens (including phenoxy) is 2. The van der Waals surface area contributed by atoms with Crippen molar-refractivity contribution in [3.8, 4) is 5.75 Å². The second kappa shape index (κ2) is 7.47. The third kappa shape index (κ3) is 3.35. The number of fused-ring (bicyclic) bond motifs is 1. The van der Waals surface area contributed by atoms with Crippen LogP contribution in [0, 0.1) is 0 Å². The summed E-state index contributed by atoms with van der Waals surface area (Å²) in [5.41, 5.74) is 2.69. The van der Waals surface area contributed by atoms with Gasteiger partial charge in [-0.1, -0.05) is 12.1 Å². The number of nitrogens with zero attached hydrogens (tertiary/aromatic N) is 2. The minimum Gasteiger partial charge on any atom is -0.497 e. The molecule has 0 fully saturated rings. The van der Waals surface area contributed by atoms with Crippen molar-refractivity contribution in [2.45, 2.75) is 25.4 Å². The number of imidazole rings is 1. The summed E-state index contributed by atoms with van der Waals surface area (Å²) >= 11 is 0. The Balaban J connectivity index is 1.93. The van der Waals surface area contributed by atoms with E-state index in [1.807, 2.05) is 24.3 Å². The molecule has 1 aromatic carbocycles. The molecule has 2 amide bonds. The molecule has 8 nitrogen and oxygen atoms in total. The van der Waals surface area contributed by atoms with E-state index in [9.17, 15) is 9.59 Å². The first-order valence-electron chi connectivity index (χ1n) is 8.36. The average Bonchev–Trinajstić information content (AvgIpc) is 3.15. The van der Waals surface area contributed by atoms with E-state index in [0.29, 0.717) is 18.7 Å². The molecule has 26 heavy (non-hydrogen) atoms. The second-order valence-electron chi connectivity index (χ2n) is 6.08. The predicted molar refractivity (Wildman–Crippen MR) is 93.8 cm³/mol. The van der Waals surface area contributed by atoms with Gasteiger partial charge < -0.3 is 24.7 Å². The highest BCUT2D eigenvalue weighted by Gasteiger charge is 2.35. The number of amides is 2. The Morgan fingerprint density at radius 3 is 2.92 bits per heavy atom. The minimum absolute atomic E-state index is 0.343. The molecule has 8 heteroatoms. The van der Waals surface area contributed by atoms with Crippen molar-refractivity contribution in [2.24, 2.45) is 0 Å². The third-order valence-corrected chi connectivity index (χ3v) is 4.49. The number of nitrogens with one attached hydrogen (secondary N) is 2. The lowest BCUT2D eigenvalue weighted by atomic mass is 9.96. The van der Waals surface area contributed by atoms with E-state index >= 15 is 0 Å². The lowest BCUT2D eigenvalue weighted by Crippen LogP contribution is -2.50. The van der Waals surface area contributed by atoms with Gasteiger partial charge in [-0.2, -0.15) is 0 Å². The number of aromatic amines is 1. The topological polar surface area (TPSA) is 96.6 Å². The van der Waals surface area contributed by atoms with Crippen LogP contribution in [-0.2, 0) is 16.0 Å². The average molecular weight is 358 g/mol. The molecule has 2 N–H and O–H groups in total.